The molecular weight excluding hydrogens is 264 g/mol. The maximum absolute atomic E-state index is 5.80. The molecule has 0 saturated carbocycles. The molecule has 0 aliphatic heterocycles. The molecule has 0 unspecified atom stereocenters. The molecule has 0 bridgehead atoms. The number of pyridine rings is 1. The molecule has 0 fully saturated rings. The molecule has 0 amide bonds. The molecule has 1 N–H and O–H groups in total. The molecular formula is C17H24N2O2. The Hall–Kier alpha value is -1.97. The number of benzene rings is 1. The summed E-state index contributed by atoms with van der Waals surface area (Å²) in [6, 6.07) is 3.91. The minimum atomic E-state index is 0.619. The van der Waals surface area contributed by atoms with Gasteiger partial charge in [-0.25, -0.2) is 4.98 Å². The van der Waals surface area contributed by atoms with Crippen molar-refractivity contribution in [2.75, 3.05) is 25.6 Å². The maximum atomic E-state index is 5.80. The highest BCUT2D eigenvalue weighted by molar-refractivity contribution is 6.01. The van der Waals surface area contributed by atoms with E-state index >= 15 is 0 Å². The predicted molar refractivity (Wildman–Crippen MR) is 87.7 cm³/mol. The lowest BCUT2D eigenvalue weighted by Gasteiger charge is -2.18. The molecule has 0 atom stereocenters. The lowest BCUT2D eigenvalue weighted by atomic mass is 10.0. The number of aryl methyl sites for hydroxylation is 1. The van der Waals surface area contributed by atoms with E-state index in [1.807, 2.05) is 40.0 Å². The molecule has 4 nitrogen and oxygen atoms in total. The number of fused-ring (bicyclic) bond motifs is 1. The fourth-order valence-electron chi connectivity index (χ4n) is 2.73. The molecule has 114 valence electrons. The monoisotopic (exact) mass is 288 g/mol. The van der Waals surface area contributed by atoms with Gasteiger partial charge >= 0.3 is 0 Å². The molecule has 4 heteroatoms. The van der Waals surface area contributed by atoms with Crippen molar-refractivity contribution in [3.63, 3.8) is 0 Å². The number of anilines is 1. The smallest absolute Gasteiger partial charge is 0.145 e. The first-order valence-corrected chi connectivity index (χ1v) is 7.57. The van der Waals surface area contributed by atoms with Crippen LogP contribution in [0.15, 0.2) is 12.1 Å². The van der Waals surface area contributed by atoms with Crippen LogP contribution >= 0.6 is 0 Å². The van der Waals surface area contributed by atoms with Crippen LogP contribution in [0.5, 0.6) is 11.5 Å². The van der Waals surface area contributed by atoms with Gasteiger partial charge in [-0.2, -0.15) is 0 Å². The molecule has 0 radical (unpaired) electrons. The minimum Gasteiger partial charge on any atom is -0.493 e. The molecule has 0 aliphatic carbocycles. The summed E-state index contributed by atoms with van der Waals surface area (Å²) in [6.45, 7) is 9.40. The van der Waals surface area contributed by atoms with Crippen LogP contribution in [0.25, 0.3) is 10.9 Å². The summed E-state index contributed by atoms with van der Waals surface area (Å²) in [5.74, 6) is 1.65. The van der Waals surface area contributed by atoms with Gasteiger partial charge in [-0.15, -0.1) is 0 Å². The molecule has 1 aromatic carbocycles. The molecule has 0 saturated heterocycles. The Balaban J connectivity index is 2.85. The first-order chi connectivity index (χ1) is 10.2. The zero-order valence-corrected chi connectivity index (χ0v) is 13.5. The Morgan fingerprint density at radius 2 is 1.67 bits per heavy atom. The van der Waals surface area contributed by atoms with Crippen LogP contribution in [-0.4, -0.2) is 25.2 Å². The van der Waals surface area contributed by atoms with Crippen molar-refractivity contribution >= 4 is 16.6 Å². The van der Waals surface area contributed by atoms with Gasteiger partial charge in [0, 0.05) is 12.7 Å². The number of aromatic nitrogens is 1. The van der Waals surface area contributed by atoms with E-state index in [0.29, 0.717) is 13.2 Å². The van der Waals surface area contributed by atoms with E-state index in [9.17, 15) is 0 Å². The van der Waals surface area contributed by atoms with E-state index in [-0.39, 0.29) is 0 Å². The normalized spacial score (nSPS) is 10.7. The first kappa shape index (κ1) is 15.4. The highest BCUT2D eigenvalue weighted by Crippen LogP contribution is 2.39. The van der Waals surface area contributed by atoms with Gasteiger partial charge in [-0.3, -0.25) is 0 Å². The molecule has 2 rings (SSSR count). The van der Waals surface area contributed by atoms with Gasteiger partial charge in [0.05, 0.1) is 24.3 Å². The summed E-state index contributed by atoms with van der Waals surface area (Å²) >= 11 is 0. The summed E-state index contributed by atoms with van der Waals surface area (Å²) < 4.78 is 11.5. The molecule has 0 aliphatic rings. The van der Waals surface area contributed by atoms with Crippen molar-refractivity contribution in [1.29, 1.82) is 0 Å². The van der Waals surface area contributed by atoms with Crippen LogP contribution in [0, 0.1) is 6.92 Å². The second-order valence-electron chi connectivity index (χ2n) is 4.81. The average Bonchev–Trinajstić information content (AvgIpc) is 2.48. The van der Waals surface area contributed by atoms with Crippen molar-refractivity contribution in [3.8, 4) is 11.5 Å². The molecule has 2 aromatic rings. The zero-order valence-electron chi connectivity index (χ0n) is 13.5. The van der Waals surface area contributed by atoms with Crippen molar-refractivity contribution < 1.29 is 9.47 Å². The Bertz CT molecular complexity index is 638. The van der Waals surface area contributed by atoms with E-state index in [0.717, 1.165) is 40.2 Å². The van der Waals surface area contributed by atoms with Crippen LogP contribution < -0.4 is 14.8 Å². The zero-order chi connectivity index (χ0) is 15.4. The second-order valence-corrected chi connectivity index (χ2v) is 4.81. The van der Waals surface area contributed by atoms with Crippen LogP contribution in [0.1, 0.15) is 32.0 Å². The van der Waals surface area contributed by atoms with Crippen molar-refractivity contribution in [1.82, 2.24) is 4.98 Å². The summed E-state index contributed by atoms with van der Waals surface area (Å²) in [5, 5.41) is 4.33. The largest absolute Gasteiger partial charge is 0.493 e. The van der Waals surface area contributed by atoms with E-state index in [1.165, 1.54) is 5.56 Å². The summed E-state index contributed by atoms with van der Waals surface area (Å²) in [7, 11) is 1.94. The van der Waals surface area contributed by atoms with Gasteiger partial charge in [0.2, 0.25) is 0 Å². The lowest BCUT2D eigenvalue weighted by Crippen LogP contribution is -2.05. The molecule has 0 spiro atoms. The van der Waals surface area contributed by atoms with Gasteiger partial charge in [0.1, 0.15) is 17.0 Å². The highest BCUT2D eigenvalue weighted by Gasteiger charge is 2.17. The van der Waals surface area contributed by atoms with E-state index < -0.39 is 0 Å². The van der Waals surface area contributed by atoms with Gasteiger partial charge in [0.15, 0.2) is 0 Å². The lowest BCUT2D eigenvalue weighted by molar-refractivity contribution is 0.336. The molecule has 21 heavy (non-hydrogen) atoms. The SMILES string of the molecule is CCOc1ccc(OCC)c2c(NC)c(CC)c(C)nc12. The fourth-order valence-corrected chi connectivity index (χ4v) is 2.73. The Labute approximate surface area is 126 Å². The number of nitrogens with one attached hydrogen (secondary N) is 1. The Morgan fingerprint density at radius 1 is 1.05 bits per heavy atom. The van der Waals surface area contributed by atoms with Crippen molar-refractivity contribution in [2.24, 2.45) is 0 Å². The summed E-state index contributed by atoms with van der Waals surface area (Å²) in [6.07, 6.45) is 0.926. The number of nitrogens with zero attached hydrogens (tertiary/aromatic N) is 1. The maximum Gasteiger partial charge on any atom is 0.145 e. The number of rotatable bonds is 6. The molecule has 1 heterocycles. The van der Waals surface area contributed by atoms with Crippen molar-refractivity contribution in [3.05, 3.63) is 23.4 Å². The number of hydrogen-bond acceptors (Lipinski definition) is 4. The van der Waals surface area contributed by atoms with Crippen LogP contribution in [-0.2, 0) is 6.42 Å². The van der Waals surface area contributed by atoms with E-state index in [4.69, 9.17) is 14.5 Å². The fraction of sp³-hybridized carbons (Fsp3) is 0.471. The van der Waals surface area contributed by atoms with Crippen LogP contribution in [0.3, 0.4) is 0 Å². The van der Waals surface area contributed by atoms with Gasteiger partial charge in [0.25, 0.3) is 0 Å². The quantitative estimate of drug-likeness (QED) is 0.874. The van der Waals surface area contributed by atoms with E-state index in [2.05, 4.69) is 12.2 Å². The Kier molecular flexibility index (Phi) is 4.89. The third kappa shape index (κ3) is 2.75. The van der Waals surface area contributed by atoms with E-state index in [1.54, 1.807) is 0 Å². The van der Waals surface area contributed by atoms with Crippen LogP contribution in [0.4, 0.5) is 5.69 Å². The first-order valence-electron chi connectivity index (χ1n) is 7.57. The summed E-state index contributed by atoms with van der Waals surface area (Å²) in [4.78, 5) is 4.77. The predicted octanol–water partition coefficient (Wildman–Crippen LogP) is 3.94. The molecule has 1 aromatic heterocycles. The van der Waals surface area contributed by atoms with Gasteiger partial charge < -0.3 is 14.8 Å². The summed E-state index contributed by atoms with van der Waals surface area (Å²) in [5.41, 5.74) is 4.20. The standard InChI is InChI=1S/C17H24N2O2/c1-6-12-11(4)19-17-14(21-8-3)10-9-13(20-7-2)15(17)16(12)18-5/h9-10H,6-8H2,1-5H3,(H,18,19). The highest BCUT2D eigenvalue weighted by atomic mass is 16.5. The number of ether oxygens (including phenoxy) is 2. The number of hydrogen-bond donors (Lipinski definition) is 1. The van der Waals surface area contributed by atoms with Gasteiger partial charge in [-0.05, 0) is 44.9 Å². The van der Waals surface area contributed by atoms with Crippen LogP contribution in [0.2, 0.25) is 0 Å². The second kappa shape index (κ2) is 6.66. The Morgan fingerprint density at radius 3 is 2.24 bits per heavy atom. The van der Waals surface area contributed by atoms with Gasteiger partial charge in [-0.1, -0.05) is 6.92 Å². The topological polar surface area (TPSA) is 43.4 Å². The minimum absolute atomic E-state index is 0.619. The third-order valence-corrected chi connectivity index (χ3v) is 3.57. The average molecular weight is 288 g/mol. The third-order valence-electron chi connectivity index (χ3n) is 3.57. The van der Waals surface area contributed by atoms with Crippen molar-refractivity contribution in [2.45, 2.75) is 34.1 Å².